The van der Waals surface area contributed by atoms with Crippen molar-refractivity contribution in [2.24, 2.45) is 0 Å². The van der Waals surface area contributed by atoms with Gasteiger partial charge >= 0.3 is 0 Å². The summed E-state index contributed by atoms with van der Waals surface area (Å²) >= 11 is 7.56. The van der Waals surface area contributed by atoms with Gasteiger partial charge in [-0.2, -0.15) is 4.31 Å². The van der Waals surface area contributed by atoms with Gasteiger partial charge in [-0.1, -0.05) is 23.7 Å². The van der Waals surface area contributed by atoms with E-state index in [9.17, 15) is 8.42 Å². The third kappa shape index (κ3) is 2.09. The smallest absolute Gasteiger partial charge is 0.207 e. The summed E-state index contributed by atoms with van der Waals surface area (Å²) in [5.74, 6) is 0.838. The number of hydrogen-bond donors (Lipinski definition) is 0. The second-order valence-electron chi connectivity index (χ2n) is 3.52. The van der Waals surface area contributed by atoms with Gasteiger partial charge in [0.25, 0.3) is 0 Å². The highest BCUT2D eigenvalue weighted by Gasteiger charge is 2.34. The minimum atomic E-state index is -3.44. The lowest BCUT2D eigenvalue weighted by atomic mass is 10.4. The summed E-state index contributed by atoms with van der Waals surface area (Å²) in [6.45, 7) is 2.45. The summed E-state index contributed by atoms with van der Waals surface area (Å²) in [6, 6.07) is 6.56. The Kier molecular flexibility index (Phi) is 3.49. The summed E-state index contributed by atoms with van der Waals surface area (Å²) in [5.41, 5.74) is 0. The lowest BCUT2D eigenvalue weighted by Gasteiger charge is -2.20. The number of sulfonamides is 1. The fourth-order valence-corrected chi connectivity index (χ4v) is 5.20. The second kappa shape index (κ2) is 4.56. The van der Waals surface area contributed by atoms with E-state index in [1.165, 1.54) is 4.31 Å². The molecule has 2 rings (SSSR count). The van der Waals surface area contributed by atoms with Gasteiger partial charge in [-0.25, -0.2) is 8.42 Å². The molecule has 1 atom stereocenters. The van der Waals surface area contributed by atoms with Crippen molar-refractivity contribution in [1.29, 1.82) is 0 Å². The van der Waals surface area contributed by atoms with Gasteiger partial charge in [0.2, 0.25) is 10.0 Å². The Morgan fingerprint density at radius 1 is 1.44 bits per heavy atom. The number of benzene rings is 1. The minimum absolute atomic E-state index is 0.0127. The number of nitrogens with zero attached hydrogens (tertiary/aromatic N) is 1. The van der Waals surface area contributed by atoms with Gasteiger partial charge in [-0.15, -0.1) is 11.8 Å². The first kappa shape index (κ1) is 12.2. The van der Waals surface area contributed by atoms with Crippen molar-refractivity contribution in [3.63, 3.8) is 0 Å². The fourth-order valence-electron chi connectivity index (χ4n) is 1.67. The Morgan fingerprint density at radius 2 is 2.12 bits per heavy atom. The van der Waals surface area contributed by atoms with Crippen molar-refractivity contribution >= 4 is 33.4 Å². The predicted octanol–water partition coefficient (Wildman–Crippen LogP) is 2.42. The van der Waals surface area contributed by atoms with E-state index in [0.29, 0.717) is 6.54 Å². The van der Waals surface area contributed by atoms with E-state index < -0.39 is 10.0 Å². The van der Waals surface area contributed by atoms with Gasteiger partial charge in [-0.05, 0) is 19.1 Å². The summed E-state index contributed by atoms with van der Waals surface area (Å²) in [6.07, 6.45) is 0. The number of hydrogen-bond acceptors (Lipinski definition) is 3. The Labute approximate surface area is 105 Å². The van der Waals surface area contributed by atoms with Gasteiger partial charge in [-0.3, -0.25) is 0 Å². The van der Waals surface area contributed by atoms with Crippen LogP contribution in [0.5, 0.6) is 0 Å². The average molecular weight is 278 g/mol. The van der Waals surface area contributed by atoms with Gasteiger partial charge < -0.3 is 0 Å². The highest BCUT2D eigenvalue weighted by Crippen LogP contribution is 2.32. The van der Waals surface area contributed by atoms with Crippen molar-refractivity contribution in [2.45, 2.75) is 17.2 Å². The van der Waals surface area contributed by atoms with Gasteiger partial charge in [0.1, 0.15) is 4.90 Å². The lowest BCUT2D eigenvalue weighted by Crippen LogP contribution is -2.33. The third-order valence-electron chi connectivity index (χ3n) is 2.50. The number of thioether (sulfide) groups is 1. The van der Waals surface area contributed by atoms with Crippen LogP contribution >= 0.6 is 23.4 Å². The Morgan fingerprint density at radius 3 is 2.69 bits per heavy atom. The van der Waals surface area contributed by atoms with Gasteiger partial charge in [0, 0.05) is 12.3 Å². The highest BCUT2D eigenvalue weighted by molar-refractivity contribution is 8.01. The molecule has 88 valence electrons. The van der Waals surface area contributed by atoms with Crippen LogP contribution in [0.3, 0.4) is 0 Å². The fraction of sp³-hybridized carbons (Fsp3) is 0.400. The van der Waals surface area contributed by atoms with Gasteiger partial charge in [0.05, 0.1) is 10.4 Å². The van der Waals surface area contributed by atoms with Crippen molar-refractivity contribution in [3.8, 4) is 0 Å². The van der Waals surface area contributed by atoms with Crippen LogP contribution in [0.25, 0.3) is 0 Å². The van der Waals surface area contributed by atoms with Crippen LogP contribution in [0.15, 0.2) is 29.2 Å². The Bertz CT molecular complexity index is 489. The van der Waals surface area contributed by atoms with Crippen LogP contribution in [-0.2, 0) is 10.0 Å². The molecule has 0 aromatic heterocycles. The molecule has 0 radical (unpaired) electrons. The maximum absolute atomic E-state index is 12.3. The van der Waals surface area contributed by atoms with E-state index in [4.69, 9.17) is 11.6 Å². The molecule has 3 nitrogen and oxygen atoms in total. The van der Waals surface area contributed by atoms with Gasteiger partial charge in [0.15, 0.2) is 0 Å². The molecule has 0 N–H and O–H groups in total. The second-order valence-corrected chi connectivity index (χ2v) is 7.21. The largest absolute Gasteiger partial charge is 0.245 e. The molecule has 1 aliphatic rings. The van der Waals surface area contributed by atoms with Crippen molar-refractivity contribution < 1.29 is 8.42 Å². The van der Waals surface area contributed by atoms with Crippen molar-refractivity contribution in [3.05, 3.63) is 29.3 Å². The summed E-state index contributed by atoms with van der Waals surface area (Å²) in [5, 5.41) is 0.271. The summed E-state index contributed by atoms with van der Waals surface area (Å²) in [4.78, 5) is 0.200. The van der Waals surface area contributed by atoms with Crippen molar-refractivity contribution in [2.75, 3.05) is 12.3 Å². The molecule has 0 aliphatic carbocycles. The minimum Gasteiger partial charge on any atom is -0.207 e. The summed E-state index contributed by atoms with van der Waals surface area (Å²) < 4.78 is 26.1. The Hall–Kier alpha value is -0.230. The van der Waals surface area contributed by atoms with E-state index in [2.05, 4.69) is 0 Å². The average Bonchev–Trinajstić information content (AvgIpc) is 2.65. The molecule has 1 fully saturated rings. The lowest BCUT2D eigenvalue weighted by molar-refractivity contribution is 0.442. The molecule has 1 saturated heterocycles. The predicted molar refractivity (Wildman–Crippen MR) is 67.3 cm³/mol. The molecule has 1 unspecified atom stereocenters. The molecule has 16 heavy (non-hydrogen) atoms. The molecule has 1 aromatic carbocycles. The molecule has 0 spiro atoms. The van der Waals surface area contributed by atoms with E-state index in [1.807, 2.05) is 6.92 Å². The zero-order valence-corrected chi connectivity index (χ0v) is 11.1. The maximum atomic E-state index is 12.3. The maximum Gasteiger partial charge on any atom is 0.245 e. The van der Waals surface area contributed by atoms with Crippen LogP contribution in [0.4, 0.5) is 0 Å². The SMILES string of the molecule is CC1SCCN1S(=O)(=O)c1ccccc1Cl. The van der Waals surface area contributed by atoms with Crippen LogP contribution in [0.1, 0.15) is 6.92 Å². The zero-order valence-electron chi connectivity index (χ0n) is 8.76. The first-order valence-corrected chi connectivity index (χ1v) is 7.78. The number of halogens is 1. The third-order valence-corrected chi connectivity index (χ3v) is 6.26. The molecule has 0 amide bonds. The summed E-state index contributed by atoms with van der Waals surface area (Å²) in [7, 11) is -3.44. The molecule has 6 heteroatoms. The standard InChI is InChI=1S/C10H12ClNO2S2/c1-8-12(6-7-15-8)16(13,14)10-5-3-2-4-9(10)11/h2-5,8H,6-7H2,1H3. The monoisotopic (exact) mass is 277 g/mol. The van der Waals surface area contributed by atoms with E-state index >= 15 is 0 Å². The van der Waals surface area contributed by atoms with Crippen LogP contribution < -0.4 is 0 Å². The molecular formula is C10H12ClNO2S2. The van der Waals surface area contributed by atoms with E-state index in [0.717, 1.165) is 5.75 Å². The van der Waals surface area contributed by atoms with E-state index in [1.54, 1.807) is 36.0 Å². The normalized spacial score (nSPS) is 22.5. The van der Waals surface area contributed by atoms with Crippen molar-refractivity contribution in [1.82, 2.24) is 4.31 Å². The molecule has 1 heterocycles. The quantitative estimate of drug-likeness (QED) is 0.833. The first-order valence-electron chi connectivity index (χ1n) is 4.91. The number of rotatable bonds is 2. The highest BCUT2D eigenvalue weighted by atomic mass is 35.5. The van der Waals surface area contributed by atoms with Crippen LogP contribution in [-0.4, -0.2) is 30.4 Å². The molecule has 1 aromatic rings. The zero-order chi connectivity index (χ0) is 11.8. The molecule has 0 bridgehead atoms. The first-order chi connectivity index (χ1) is 7.53. The van der Waals surface area contributed by atoms with Crippen LogP contribution in [0.2, 0.25) is 5.02 Å². The molecular weight excluding hydrogens is 266 g/mol. The topological polar surface area (TPSA) is 37.4 Å². The molecule has 1 aliphatic heterocycles. The Balaban J connectivity index is 2.43. The molecule has 0 saturated carbocycles. The van der Waals surface area contributed by atoms with Crippen LogP contribution in [0, 0.1) is 0 Å². The van der Waals surface area contributed by atoms with E-state index in [-0.39, 0.29) is 15.3 Å².